The van der Waals surface area contributed by atoms with Crippen LogP contribution in [0.2, 0.25) is 0 Å². The summed E-state index contributed by atoms with van der Waals surface area (Å²) in [6.45, 7) is 1.78. The van der Waals surface area contributed by atoms with E-state index in [9.17, 15) is 9.18 Å². The largest absolute Gasteiger partial charge is 0.318 e. The summed E-state index contributed by atoms with van der Waals surface area (Å²) in [7, 11) is 0. The second-order valence-electron chi connectivity index (χ2n) is 3.76. The van der Waals surface area contributed by atoms with Crippen molar-refractivity contribution < 1.29 is 4.39 Å². The fourth-order valence-electron chi connectivity index (χ4n) is 1.68. The van der Waals surface area contributed by atoms with Gasteiger partial charge in [-0.3, -0.25) is 4.79 Å². The van der Waals surface area contributed by atoms with Gasteiger partial charge in [0.05, 0.1) is 5.69 Å². The summed E-state index contributed by atoms with van der Waals surface area (Å²) < 4.78 is 15.4. The smallest absolute Gasteiger partial charge is 0.185 e. The Labute approximate surface area is 107 Å². The lowest BCUT2D eigenvalue weighted by atomic mass is 10.2. The molecule has 0 unspecified atom stereocenters. The van der Waals surface area contributed by atoms with Gasteiger partial charge in [-0.15, -0.1) is 0 Å². The van der Waals surface area contributed by atoms with E-state index >= 15 is 0 Å². The summed E-state index contributed by atoms with van der Waals surface area (Å²) in [5.41, 5.74) is 1.74. The Morgan fingerprint density at radius 2 is 2.06 bits per heavy atom. The number of para-hydroxylation sites is 1. The van der Waals surface area contributed by atoms with Gasteiger partial charge in [-0.1, -0.05) is 28.1 Å². The Morgan fingerprint density at radius 3 is 2.71 bits per heavy atom. The minimum absolute atomic E-state index is 0.0352. The van der Waals surface area contributed by atoms with Crippen LogP contribution in [-0.4, -0.2) is 4.57 Å². The summed E-state index contributed by atoms with van der Waals surface area (Å²) >= 11 is 3.25. The van der Waals surface area contributed by atoms with Crippen LogP contribution in [0.25, 0.3) is 5.69 Å². The van der Waals surface area contributed by atoms with E-state index in [1.807, 2.05) is 0 Å². The van der Waals surface area contributed by atoms with Crippen molar-refractivity contribution in [3.05, 3.63) is 63.8 Å². The zero-order chi connectivity index (χ0) is 12.4. The molecule has 0 bridgehead atoms. The quantitative estimate of drug-likeness (QED) is 0.780. The third kappa shape index (κ3) is 2.31. The number of pyridine rings is 1. The molecule has 2 nitrogen and oxygen atoms in total. The maximum absolute atomic E-state index is 13.7. The summed E-state index contributed by atoms with van der Waals surface area (Å²) in [5, 5.41) is 0.459. The molecule has 1 aromatic heterocycles. The molecular formula is C13H11BrFNO. The van der Waals surface area contributed by atoms with Crippen molar-refractivity contribution in [2.75, 3.05) is 0 Å². The van der Waals surface area contributed by atoms with Gasteiger partial charge in [-0.05, 0) is 19.1 Å². The molecule has 0 amide bonds. The lowest BCUT2D eigenvalue weighted by Gasteiger charge is -2.12. The van der Waals surface area contributed by atoms with E-state index < -0.39 is 0 Å². The van der Waals surface area contributed by atoms with E-state index in [2.05, 4.69) is 15.9 Å². The first kappa shape index (κ1) is 12.0. The molecule has 0 aliphatic carbocycles. The van der Waals surface area contributed by atoms with Gasteiger partial charge in [-0.2, -0.15) is 0 Å². The van der Waals surface area contributed by atoms with Gasteiger partial charge in [0.1, 0.15) is 5.82 Å². The highest BCUT2D eigenvalue weighted by atomic mass is 79.9. The summed E-state index contributed by atoms with van der Waals surface area (Å²) in [5.74, 6) is -0.306. The predicted molar refractivity (Wildman–Crippen MR) is 69.4 cm³/mol. The van der Waals surface area contributed by atoms with E-state index in [1.54, 1.807) is 35.9 Å². The van der Waals surface area contributed by atoms with E-state index in [1.165, 1.54) is 12.1 Å². The highest BCUT2D eigenvalue weighted by Crippen LogP contribution is 2.15. The van der Waals surface area contributed by atoms with Crippen molar-refractivity contribution in [2.45, 2.75) is 12.3 Å². The fraction of sp³-hybridized carbons (Fsp3) is 0.154. The lowest BCUT2D eigenvalue weighted by molar-refractivity contribution is 0.616. The number of hydrogen-bond acceptors (Lipinski definition) is 1. The van der Waals surface area contributed by atoms with Crippen molar-refractivity contribution in [3.8, 4) is 5.69 Å². The van der Waals surface area contributed by atoms with E-state index in [0.717, 1.165) is 0 Å². The van der Waals surface area contributed by atoms with Gasteiger partial charge in [0, 0.05) is 28.9 Å². The number of nitrogens with zero attached hydrogens (tertiary/aromatic N) is 1. The summed E-state index contributed by atoms with van der Waals surface area (Å²) in [6, 6.07) is 8.01. The van der Waals surface area contributed by atoms with Gasteiger partial charge in [0.25, 0.3) is 0 Å². The van der Waals surface area contributed by atoms with E-state index in [4.69, 9.17) is 0 Å². The number of benzene rings is 1. The molecular weight excluding hydrogens is 285 g/mol. The standard InChI is InChI=1S/C13H11BrFNO/c1-9-6-13(17)10(7-14)8-16(9)12-5-3-2-4-11(12)15/h2-6,8H,7H2,1H3. The number of aromatic nitrogens is 1. The average Bonchev–Trinajstić information content (AvgIpc) is 2.31. The first-order chi connectivity index (χ1) is 8.13. The Bertz CT molecular complexity index is 607. The zero-order valence-electron chi connectivity index (χ0n) is 9.28. The molecule has 1 aromatic carbocycles. The molecule has 0 aliphatic rings. The first-order valence-electron chi connectivity index (χ1n) is 5.16. The van der Waals surface area contributed by atoms with Gasteiger partial charge in [0.15, 0.2) is 5.43 Å². The van der Waals surface area contributed by atoms with Crippen molar-refractivity contribution in [1.29, 1.82) is 0 Å². The fourth-order valence-corrected chi connectivity index (χ4v) is 2.10. The molecule has 2 aromatic rings. The van der Waals surface area contributed by atoms with Crippen LogP contribution < -0.4 is 5.43 Å². The first-order valence-corrected chi connectivity index (χ1v) is 6.28. The SMILES string of the molecule is Cc1cc(=O)c(CBr)cn1-c1ccccc1F. The summed E-state index contributed by atoms with van der Waals surface area (Å²) in [6.07, 6.45) is 1.67. The molecule has 17 heavy (non-hydrogen) atoms. The Balaban J connectivity index is 2.68. The van der Waals surface area contributed by atoms with E-state index in [-0.39, 0.29) is 11.2 Å². The van der Waals surface area contributed by atoms with Crippen molar-refractivity contribution in [2.24, 2.45) is 0 Å². The normalized spacial score (nSPS) is 10.5. The molecule has 0 spiro atoms. The third-order valence-electron chi connectivity index (χ3n) is 2.58. The van der Waals surface area contributed by atoms with Crippen LogP contribution >= 0.6 is 15.9 Å². The molecule has 0 saturated heterocycles. The van der Waals surface area contributed by atoms with Gasteiger partial charge < -0.3 is 4.57 Å². The Kier molecular flexibility index (Phi) is 3.43. The Hall–Kier alpha value is -1.42. The van der Waals surface area contributed by atoms with Crippen LogP contribution in [0.4, 0.5) is 4.39 Å². The molecule has 0 N–H and O–H groups in total. The average molecular weight is 296 g/mol. The number of aryl methyl sites for hydroxylation is 1. The van der Waals surface area contributed by atoms with Gasteiger partial charge in [0.2, 0.25) is 0 Å². The highest BCUT2D eigenvalue weighted by Gasteiger charge is 2.07. The number of hydrogen-bond donors (Lipinski definition) is 0. The molecule has 0 atom stereocenters. The van der Waals surface area contributed by atoms with Crippen molar-refractivity contribution in [3.63, 3.8) is 0 Å². The van der Waals surface area contributed by atoms with Crippen LogP contribution in [-0.2, 0) is 5.33 Å². The molecule has 4 heteroatoms. The molecule has 0 radical (unpaired) electrons. The molecule has 2 rings (SSSR count). The van der Waals surface area contributed by atoms with Gasteiger partial charge >= 0.3 is 0 Å². The third-order valence-corrected chi connectivity index (χ3v) is 3.18. The maximum Gasteiger partial charge on any atom is 0.185 e. The maximum atomic E-state index is 13.7. The zero-order valence-corrected chi connectivity index (χ0v) is 10.9. The molecule has 88 valence electrons. The molecule has 1 heterocycles. The Morgan fingerprint density at radius 1 is 1.35 bits per heavy atom. The molecule has 0 saturated carbocycles. The molecule has 0 fully saturated rings. The van der Waals surface area contributed by atoms with Crippen LogP contribution in [0.3, 0.4) is 0 Å². The number of halogens is 2. The van der Waals surface area contributed by atoms with Crippen LogP contribution in [0, 0.1) is 12.7 Å². The number of alkyl halides is 1. The van der Waals surface area contributed by atoms with E-state index in [0.29, 0.717) is 22.3 Å². The second kappa shape index (κ2) is 4.84. The van der Waals surface area contributed by atoms with Crippen LogP contribution in [0.15, 0.2) is 41.3 Å². The minimum atomic E-state index is -0.306. The molecule has 0 aliphatic heterocycles. The highest BCUT2D eigenvalue weighted by molar-refractivity contribution is 9.08. The topological polar surface area (TPSA) is 22.0 Å². The summed E-state index contributed by atoms with van der Waals surface area (Å²) in [4.78, 5) is 11.6. The lowest BCUT2D eigenvalue weighted by Crippen LogP contribution is -2.13. The van der Waals surface area contributed by atoms with Gasteiger partial charge in [-0.25, -0.2) is 4.39 Å². The van der Waals surface area contributed by atoms with Crippen molar-refractivity contribution >= 4 is 15.9 Å². The van der Waals surface area contributed by atoms with Crippen LogP contribution in [0.1, 0.15) is 11.3 Å². The second-order valence-corrected chi connectivity index (χ2v) is 4.32. The number of rotatable bonds is 2. The van der Waals surface area contributed by atoms with Crippen LogP contribution in [0.5, 0.6) is 0 Å². The minimum Gasteiger partial charge on any atom is -0.318 e. The predicted octanol–water partition coefficient (Wildman–Crippen LogP) is 3.18. The van der Waals surface area contributed by atoms with Crippen molar-refractivity contribution in [1.82, 2.24) is 4.57 Å². The monoisotopic (exact) mass is 295 g/mol.